The van der Waals surface area contributed by atoms with Crippen molar-refractivity contribution in [3.63, 3.8) is 0 Å². The normalized spacial score (nSPS) is 10.5. The summed E-state index contributed by atoms with van der Waals surface area (Å²) in [6.07, 6.45) is 0. The number of aliphatic hydroxyl groups is 1. The van der Waals surface area contributed by atoms with Crippen LogP contribution in [0, 0.1) is 13.8 Å². The molecule has 6 heteroatoms. The molecule has 0 amide bonds. The van der Waals surface area contributed by atoms with Gasteiger partial charge in [0.1, 0.15) is 0 Å². The van der Waals surface area contributed by atoms with Crippen molar-refractivity contribution in [1.82, 2.24) is 10.2 Å². The Labute approximate surface area is 123 Å². The number of hydrogen-bond donors (Lipinski definition) is 2. The van der Waals surface area contributed by atoms with Crippen LogP contribution >= 0.6 is 0 Å². The van der Waals surface area contributed by atoms with Crippen molar-refractivity contribution in [2.75, 3.05) is 7.11 Å². The van der Waals surface area contributed by atoms with Crippen molar-refractivity contribution in [2.24, 2.45) is 5.73 Å². The van der Waals surface area contributed by atoms with E-state index in [0.29, 0.717) is 23.9 Å². The maximum Gasteiger partial charge on any atom is 0.243 e. The van der Waals surface area contributed by atoms with Gasteiger partial charge in [0, 0.05) is 12.1 Å². The fraction of sp³-hybridized carbons (Fsp3) is 0.333. The lowest BCUT2D eigenvalue weighted by molar-refractivity contribution is 0.280. The Morgan fingerprint density at radius 1 is 1.19 bits per heavy atom. The van der Waals surface area contributed by atoms with E-state index in [2.05, 4.69) is 10.2 Å². The van der Waals surface area contributed by atoms with Gasteiger partial charge in [-0.2, -0.15) is 5.10 Å². The summed E-state index contributed by atoms with van der Waals surface area (Å²) >= 11 is 0. The highest BCUT2D eigenvalue weighted by Gasteiger charge is 2.14. The summed E-state index contributed by atoms with van der Waals surface area (Å²) in [5, 5.41) is 17.3. The summed E-state index contributed by atoms with van der Waals surface area (Å²) in [5.74, 6) is 1.39. The first kappa shape index (κ1) is 15.2. The van der Waals surface area contributed by atoms with E-state index in [0.717, 1.165) is 22.4 Å². The summed E-state index contributed by atoms with van der Waals surface area (Å²) in [7, 11) is 1.54. The molecule has 0 fully saturated rings. The van der Waals surface area contributed by atoms with E-state index in [1.807, 2.05) is 13.8 Å². The Bertz CT molecular complexity index is 644. The summed E-state index contributed by atoms with van der Waals surface area (Å²) in [5.41, 5.74) is 9.12. The molecule has 2 rings (SSSR count). The van der Waals surface area contributed by atoms with Crippen LogP contribution in [-0.2, 0) is 13.2 Å². The van der Waals surface area contributed by atoms with Crippen LogP contribution < -0.4 is 15.2 Å². The largest absolute Gasteiger partial charge is 0.493 e. The van der Waals surface area contributed by atoms with Gasteiger partial charge in [-0.05, 0) is 37.1 Å². The van der Waals surface area contributed by atoms with E-state index < -0.39 is 0 Å². The lowest BCUT2D eigenvalue weighted by atomic mass is 10.1. The second kappa shape index (κ2) is 6.51. The molecule has 3 N–H and O–H groups in total. The number of nitrogens with two attached hydrogens (primary N) is 1. The first-order valence-corrected chi connectivity index (χ1v) is 6.59. The van der Waals surface area contributed by atoms with Crippen LogP contribution in [0.5, 0.6) is 17.4 Å². The minimum absolute atomic E-state index is 0.0614. The van der Waals surface area contributed by atoms with E-state index in [1.54, 1.807) is 25.3 Å². The van der Waals surface area contributed by atoms with Gasteiger partial charge in [0.25, 0.3) is 0 Å². The fourth-order valence-electron chi connectivity index (χ4n) is 1.96. The molecule has 21 heavy (non-hydrogen) atoms. The van der Waals surface area contributed by atoms with Gasteiger partial charge in [0.05, 0.1) is 19.4 Å². The van der Waals surface area contributed by atoms with Crippen LogP contribution in [0.1, 0.15) is 22.4 Å². The van der Waals surface area contributed by atoms with Gasteiger partial charge in [0.15, 0.2) is 11.5 Å². The van der Waals surface area contributed by atoms with Crippen LogP contribution in [0.25, 0.3) is 0 Å². The number of aryl methyl sites for hydroxylation is 1. The highest BCUT2D eigenvalue weighted by Crippen LogP contribution is 2.33. The molecule has 112 valence electrons. The molecule has 1 heterocycles. The van der Waals surface area contributed by atoms with Gasteiger partial charge in [-0.25, -0.2) is 0 Å². The smallest absolute Gasteiger partial charge is 0.243 e. The average molecular weight is 289 g/mol. The Hall–Kier alpha value is -2.18. The minimum atomic E-state index is -0.0614. The van der Waals surface area contributed by atoms with Gasteiger partial charge < -0.3 is 20.3 Å². The monoisotopic (exact) mass is 289 g/mol. The first-order valence-electron chi connectivity index (χ1n) is 6.59. The number of hydrogen-bond acceptors (Lipinski definition) is 6. The molecule has 0 aliphatic heterocycles. The lowest BCUT2D eigenvalue weighted by Gasteiger charge is -2.14. The summed E-state index contributed by atoms with van der Waals surface area (Å²) < 4.78 is 11.1. The van der Waals surface area contributed by atoms with Gasteiger partial charge in [-0.15, -0.1) is 5.10 Å². The van der Waals surface area contributed by atoms with Crippen LogP contribution in [0.2, 0.25) is 0 Å². The fourth-order valence-corrected chi connectivity index (χ4v) is 1.96. The molecule has 0 bridgehead atoms. The van der Waals surface area contributed by atoms with Gasteiger partial charge >= 0.3 is 0 Å². The van der Waals surface area contributed by atoms with Crippen molar-refractivity contribution in [3.05, 3.63) is 40.6 Å². The first-order chi connectivity index (χ1) is 10.1. The third-order valence-corrected chi connectivity index (χ3v) is 3.37. The standard InChI is InChI=1S/C15H19N3O3/c1-9-10(2)17-18-15(12(9)7-16)21-13-5-4-11(8-19)6-14(13)20-3/h4-6,19H,7-8,16H2,1-3H3. The molecule has 0 saturated carbocycles. The summed E-state index contributed by atoms with van der Waals surface area (Å²) in [6.45, 7) is 4.07. The molecule has 0 unspecified atom stereocenters. The highest BCUT2D eigenvalue weighted by atomic mass is 16.5. The zero-order valence-electron chi connectivity index (χ0n) is 12.4. The molecule has 0 atom stereocenters. The minimum Gasteiger partial charge on any atom is -0.493 e. The number of aliphatic hydroxyl groups excluding tert-OH is 1. The van der Waals surface area contributed by atoms with Crippen molar-refractivity contribution in [2.45, 2.75) is 27.0 Å². The van der Waals surface area contributed by atoms with Crippen molar-refractivity contribution in [3.8, 4) is 17.4 Å². The number of ether oxygens (including phenoxy) is 2. The second-order valence-electron chi connectivity index (χ2n) is 4.64. The summed E-state index contributed by atoms with van der Waals surface area (Å²) in [6, 6.07) is 5.20. The third-order valence-electron chi connectivity index (χ3n) is 3.37. The van der Waals surface area contributed by atoms with E-state index in [9.17, 15) is 0 Å². The van der Waals surface area contributed by atoms with E-state index in [1.165, 1.54) is 0 Å². The highest BCUT2D eigenvalue weighted by molar-refractivity contribution is 5.46. The molecule has 6 nitrogen and oxygen atoms in total. The molecular formula is C15H19N3O3. The number of aromatic nitrogens is 2. The Morgan fingerprint density at radius 3 is 2.57 bits per heavy atom. The van der Waals surface area contributed by atoms with Gasteiger partial charge in [-0.1, -0.05) is 6.07 Å². The second-order valence-corrected chi connectivity index (χ2v) is 4.64. The van der Waals surface area contributed by atoms with Crippen molar-refractivity contribution >= 4 is 0 Å². The number of nitrogens with zero attached hydrogens (tertiary/aromatic N) is 2. The molecule has 0 spiro atoms. The number of rotatable bonds is 5. The molecule has 0 aliphatic rings. The van der Waals surface area contributed by atoms with Crippen LogP contribution in [0.15, 0.2) is 18.2 Å². The lowest BCUT2D eigenvalue weighted by Crippen LogP contribution is -2.07. The maximum absolute atomic E-state index is 9.15. The molecule has 1 aromatic carbocycles. The average Bonchev–Trinajstić information content (AvgIpc) is 2.51. The Balaban J connectivity index is 2.41. The zero-order valence-corrected chi connectivity index (χ0v) is 12.4. The molecular weight excluding hydrogens is 270 g/mol. The number of benzene rings is 1. The number of methoxy groups -OCH3 is 1. The molecule has 2 aromatic rings. The van der Waals surface area contributed by atoms with E-state index in [4.69, 9.17) is 20.3 Å². The van der Waals surface area contributed by atoms with Gasteiger partial charge in [0.2, 0.25) is 5.88 Å². The van der Waals surface area contributed by atoms with Crippen molar-refractivity contribution < 1.29 is 14.6 Å². The molecule has 0 aliphatic carbocycles. The van der Waals surface area contributed by atoms with Crippen LogP contribution in [-0.4, -0.2) is 22.4 Å². The predicted molar refractivity (Wildman–Crippen MR) is 78.4 cm³/mol. The molecule has 0 radical (unpaired) electrons. The molecule has 1 aromatic heterocycles. The Kier molecular flexibility index (Phi) is 4.72. The quantitative estimate of drug-likeness (QED) is 0.873. The maximum atomic E-state index is 9.15. The zero-order chi connectivity index (χ0) is 15.4. The van der Waals surface area contributed by atoms with Gasteiger partial charge in [-0.3, -0.25) is 0 Å². The molecule has 0 saturated heterocycles. The van der Waals surface area contributed by atoms with Crippen LogP contribution in [0.4, 0.5) is 0 Å². The van der Waals surface area contributed by atoms with Crippen LogP contribution in [0.3, 0.4) is 0 Å². The van der Waals surface area contributed by atoms with Crippen molar-refractivity contribution in [1.29, 1.82) is 0 Å². The Morgan fingerprint density at radius 2 is 1.95 bits per heavy atom. The van der Waals surface area contributed by atoms with E-state index in [-0.39, 0.29) is 6.61 Å². The summed E-state index contributed by atoms with van der Waals surface area (Å²) in [4.78, 5) is 0. The topological polar surface area (TPSA) is 90.5 Å². The van der Waals surface area contributed by atoms with E-state index >= 15 is 0 Å². The predicted octanol–water partition coefficient (Wildman–Crippen LogP) is 1.85. The third kappa shape index (κ3) is 3.12. The SMILES string of the molecule is COc1cc(CO)ccc1Oc1nnc(C)c(C)c1CN.